The lowest BCUT2D eigenvalue weighted by molar-refractivity contribution is -0.117. The number of hydrogen-bond acceptors (Lipinski definition) is 6. The molecule has 7 nitrogen and oxygen atoms in total. The van der Waals surface area contributed by atoms with Crippen LogP contribution in [-0.2, 0) is 9.53 Å². The van der Waals surface area contributed by atoms with E-state index in [-0.39, 0.29) is 11.5 Å². The van der Waals surface area contributed by atoms with E-state index in [1.165, 1.54) is 6.20 Å². The number of aromatic nitrogens is 1. The van der Waals surface area contributed by atoms with E-state index < -0.39 is 0 Å². The van der Waals surface area contributed by atoms with Gasteiger partial charge in [-0.1, -0.05) is 0 Å². The number of carbonyl (C=O) groups excluding carboxylic acids is 1. The quantitative estimate of drug-likeness (QED) is 0.582. The lowest BCUT2D eigenvalue weighted by Crippen LogP contribution is -2.41. The molecule has 0 bridgehead atoms. The highest BCUT2D eigenvalue weighted by atomic mass is 16.5. The number of carbonyl (C=O) groups is 1. The van der Waals surface area contributed by atoms with Gasteiger partial charge in [0.15, 0.2) is 0 Å². The summed E-state index contributed by atoms with van der Waals surface area (Å²) in [6.45, 7) is 4.46. The van der Waals surface area contributed by atoms with Crippen molar-refractivity contribution in [3.8, 4) is 6.07 Å². The van der Waals surface area contributed by atoms with Gasteiger partial charge in [0, 0.05) is 38.6 Å². The van der Waals surface area contributed by atoms with Crippen molar-refractivity contribution in [2.24, 2.45) is 0 Å². The SMILES string of the molecule is N#C/C(=C/Nc1cccnc1)C(=O)NCCN1CCOCC1. The van der Waals surface area contributed by atoms with Crippen LogP contribution in [0.1, 0.15) is 0 Å². The highest BCUT2D eigenvalue weighted by Gasteiger charge is 2.12. The van der Waals surface area contributed by atoms with E-state index in [2.05, 4.69) is 20.5 Å². The van der Waals surface area contributed by atoms with Gasteiger partial charge in [-0.3, -0.25) is 14.7 Å². The number of nitrogens with zero attached hydrogens (tertiary/aromatic N) is 3. The minimum atomic E-state index is -0.382. The molecule has 2 heterocycles. The molecule has 2 rings (SSSR count). The highest BCUT2D eigenvalue weighted by Crippen LogP contribution is 2.04. The van der Waals surface area contributed by atoms with Gasteiger partial charge >= 0.3 is 0 Å². The van der Waals surface area contributed by atoms with Gasteiger partial charge in [0.2, 0.25) is 0 Å². The van der Waals surface area contributed by atoms with E-state index >= 15 is 0 Å². The van der Waals surface area contributed by atoms with E-state index in [4.69, 9.17) is 10.00 Å². The van der Waals surface area contributed by atoms with E-state index in [0.29, 0.717) is 6.54 Å². The number of rotatable bonds is 6. The van der Waals surface area contributed by atoms with Crippen LogP contribution in [0.3, 0.4) is 0 Å². The van der Waals surface area contributed by atoms with E-state index in [9.17, 15) is 4.79 Å². The Bertz CT molecular complexity index is 547. The van der Waals surface area contributed by atoms with Crippen molar-refractivity contribution in [1.82, 2.24) is 15.2 Å². The van der Waals surface area contributed by atoms with E-state index in [1.807, 2.05) is 6.07 Å². The molecule has 0 saturated carbocycles. The molecule has 0 aliphatic carbocycles. The molecule has 0 radical (unpaired) electrons. The highest BCUT2D eigenvalue weighted by molar-refractivity contribution is 5.97. The van der Waals surface area contributed by atoms with Crippen LogP contribution < -0.4 is 10.6 Å². The minimum Gasteiger partial charge on any atom is -0.379 e. The molecular formula is C15H19N5O2. The van der Waals surface area contributed by atoms with Crippen LogP contribution in [0, 0.1) is 11.3 Å². The molecule has 0 spiro atoms. The molecule has 1 saturated heterocycles. The monoisotopic (exact) mass is 301 g/mol. The average molecular weight is 301 g/mol. The van der Waals surface area contributed by atoms with Crippen LogP contribution in [0.2, 0.25) is 0 Å². The smallest absolute Gasteiger partial charge is 0.263 e. The van der Waals surface area contributed by atoms with Crippen molar-refractivity contribution < 1.29 is 9.53 Å². The van der Waals surface area contributed by atoms with E-state index in [0.717, 1.165) is 38.5 Å². The standard InChI is InChI=1S/C15H19N5O2/c16-10-13(11-19-14-2-1-3-17-12-14)15(21)18-4-5-20-6-8-22-9-7-20/h1-3,11-12,19H,4-9H2,(H,18,21)/b13-11-. The van der Waals surface area contributed by atoms with Crippen molar-refractivity contribution >= 4 is 11.6 Å². The largest absolute Gasteiger partial charge is 0.379 e. The summed E-state index contributed by atoms with van der Waals surface area (Å²) in [4.78, 5) is 18.1. The second-order valence-electron chi connectivity index (χ2n) is 4.77. The summed E-state index contributed by atoms with van der Waals surface area (Å²) in [5.41, 5.74) is 0.752. The fraction of sp³-hybridized carbons (Fsp3) is 0.400. The molecule has 1 amide bonds. The molecule has 22 heavy (non-hydrogen) atoms. The number of amides is 1. The number of ether oxygens (including phenoxy) is 1. The predicted octanol–water partition coefficient (Wildman–Crippen LogP) is 0.349. The van der Waals surface area contributed by atoms with Crippen molar-refractivity contribution in [2.45, 2.75) is 0 Å². The van der Waals surface area contributed by atoms with Gasteiger partial charge in [-0.05, 0) is 12.1 Å². The van der Waals surface area contributed by atoms with Crippen LogP contribution >= 0.6 is 0 Å². The zero-order valence-electron chi connectivity index (χ0n) is 12.3. The summed E-state index contributed by atoms with van der Waals surface area (Å²) in [6.07, 6.45) is 4.65. The number of hydrogen-bond donors (Lipinski definition) is 2. The zero-order valence-corrected chi connectivity index (χ0v) is 12.3. The maximum absolute atomic E-state index is 11.9. The molecule has 1 aromatic rings. The molecule has 1 aromatic heterocycles. The Labute approximate surface area is 129 Å². The van der Waals surface area contributed by atoms with Gasteiger partial charge in [-0.25, -0.2) is 0 Å². The Morgan fingerprint density at radius 2 is 2.32 bits per heavy atom. The Morgan fingerprint density at radius 1 is 1.50 bits per heavy atom. The molecule has 0 unspecified atom stereocenters. The molecule has 116 valence electrons. The third-order valence-corrected chi connectivity index (χ3v) is 3.23. The topological polar surface area (TPSA) is 90.3 Å². The van der Waals surface area contributed by atoms with Gasteiger partial charge < -0.3 is 15.4 Å². The second kappa shape index (κ2) is 8.77. The van der Waals surface area contributed by atoms with Gasteiger partial charge in [0.25, 0.3) is 5.91 Å². The maximum atomic E-state index is 11.9. The molecule has 7 heteroatoms. The van der Waals surface area contributed by atoms with Crippen molar-refractivity contribution in [3.05, 3.63) is 36.3 Å². The number of nitriles is 1. The first kappa shape index (κ1) is 15.9. The van der Waals surface area contributed by atoms with Gasteiger partial charge in [0.05, 0.1) is 25.1 Å². The maximum Gasteiger partial charge on any atom is 0.263 e. The van der Waals surface area contributed by atoms with Crippen LogP contribution in [-0.4, -0.2) is 55.2 Å². The summed E-state index contributed by atoms with van der Waals surface area (Å²) in [5, 5.41) is 14.7. The fourth-order valence-electron chi connectivity index (χ4n) is 2.00. The van der Waals surface area contributed by atoms with Crippen molar-refractivity contribution in [1.29, 1.82) is 5.26 Å². The zero-order chi connectivity index (χ0) is 15.6. The lowest BCUT2D eigenvalue weighted by Gasteiger charge is -2.26. The summed E-state index contributed by atoms with van der Waals surface area (Å²) in [6, 6.07) is 5.46. The van der Waals surface area contributed by atoms with Crippen LogP contribution in [0.4, 0.5) is 5.69 Å². The van der Waals surface area contributed by atoms with Crippen LogP contribution in [0.15, 0.2) is 36.3 Å². The first-order chi connectivity index (χ1) is 10.8. The Hall–Kier alpha value is -2.43. The summed E-state index contributed by atoms with van der Waals surface area (Å²) >= 11 is 0. The van der Waals surface area contributed by atoms with Crippen LogP contribution in [0.5, 0.6) is 0 Å². The average Bonchev–Trinajstić information content (AvgIpc) is 2.57. The normalized spacial score (nSPS) is 15.9. The van der Waals surface area contributed by atoms with E-state index in [1.54, 1.807) is 24.5 Å². The fourth-order valence-corrected chi connectivity index (χ4v) is 2.00. The molecule has 1 fully saturated rings. The number of morpholine rings is 1. The van der Waals surface area contributed by atoms with Crippen LogP contribution in [0.25, 0.3) is 0 Å². The molecule has 1 aliphatic rings. The minimum absolute atomic E-state index is 0.0332. The lowest BCUT2D eigenvalue weighted by atomic mass is 10.3. The van der Waals surface area contributed by atoms with Gasteiger partial charge in [-0.15, -0.1) is 0 Å². The Morgan fingerprint density at radius 3 is 3.00 bits per heavy atom. The molecular weight excluding hydrogens is 282 g/mol. The molecule has 2 N–H and O–H groups in total. The third-order valence-electron chi connectivity index (χ3n) is 3.23. The summed E-state index contributed by atoms with van der Waals surface area (Å²) in [7, 11) is 0. The summed E-state index contributed by atoms with van der Waals surface area (Å²) < 4.78 is 5.26. The van der Waals surface area contributed by atoms with Crippen molar-refractivity contribution in [2.75, 3.05) is 44.7 Å². The molecule has 1 aliphatic heterocycles. The number of nitrogens with one attached hydrogen (secondary N) is 2. The molecule has 0 atom stereocenters. The predicted molar refractivity (Wildman–Crippen MR) is 81.8 cm³/mol. The first-order valence-electron chi connectivity index (χ1n) is 7.15. The first-order valence-corrected chi connectivity index (χ1v) is 7.15. The number of pyridine rings is 1. The number of anilines is 1. The molecule has 0 aromatic carbocycles. The Kier molecular flexibility index (Phi) is 6.36. The summed E-state index contributed by atoms with van der Waals surface area (Å²) in [5.74, 6) is -0.382. The van der Waals surface area contributed by atoms with Gasteiger partial charge in [0.1, 0.15) is 11.6 Å². The third kappa shape index (κ3) is 5.16. The van der Waals surface area contributed by atoms with Gasteiger partial charge in [-0.2, -0.15) is 5.26 Å². The Balaban J connectivity index is 1.77. The van der Waals surface area contributed by atoms with Crippen molar-refractivity contribution in [3.63, 3.8) is 0 Å². The second-order valence-corrected chi connectivity index (χ2v) is 4.77.